The summed E-state index contributed by atoms with van der Waals surface area (Å²) in [5.74, 6) is -0.123. The van der Waals surface area contributed by atoms with Gasteiger partial charge in [-0.25, -0.2) is 4.79 Å². The first-order valence-electron chi connectivity index (χ1n) is 10.8. The maximum absolute atomic E-state index is 13.2. The van der Waals surface area contributed by atoms with Crippen LogP contribution in [0.3, 0.4) is 0 Å². The molecule has 0 aromatic heterocycles. The van der Waals surface area contributed by atoms with Gasteiger partial charge in [-0.15, -0.1) is 0 Å². The lowest BCUT2D eigenvalue weighted by Crippen LogP contribution is -2.20. The van der Waals surface area contributed by atoms with Crippen LogP contribution < -0.4 is 4.74 Å². The smallest absolute Gasteiger partial charge is 0.339 e. The summed E-state index contributed by atoms with van der Waals surface area (Å²) < 4.78 is 11.5. The highest BCUT2D eigenvalue weighted by Gasteiger charge is 2.26. The standard InChI is InChI=1S/C29H23ClO4/c1-20-7-17-26(18-8-20)33-19-21-9-11-24(12-10-21)29(32)34-28(23-5-3-2-4-6-23)27(31)22-13-15-25(30)16-14-22/h2-18,28H,19H2,1H3/t28-/m1/s1. The molecule has 0 N–H and O–H groups in total. The van der Waals surface area contributed by atoms with Crippen molar-refractivity contribution in [3.8, 4) is 5.75 Å². The highest BCUT2D eigenvalue weighted by molar-refractivity contribution is 6.30. The van der Waals surface area contributed by atoms with Gasteiger partial charge in [0.25, 0.3) is 0 Å². The molecular formula is C29H23ClO4. The number of Topliss-reactive ketones (excluding diaryl/α,β-unsaturated/α-hetero) is 1. The molecule has 0 saturated carbocycles. The molecule has 4 aromatic rings. The quantitative estimate of drug-likeness (QED) is 0.205. The fraction of sp³-hybridized carbons (Fsp3) is 0.103. The fourth-order valence-corrected chi connectivity index (χ4v) is 3.51. The normalized spacial score (nSPS) is 11.5. The second-order valence-corrected chi connectivity index (χ2v) is 8.30. The summed E-state index contributed by atoms with van der Waals surface area (Å²) in [6.45, 7) is 2.40. The summed E-state index contributed by atoms with van der Waals surface area (Å²) in [6, 6.07) is 30.3. The summed E-state index contributed by atoms with van der Waals surface area (Å²) in [5.41, 5.74) is 3.44. The molecule has 0 saturated heterocycles. The van der Waals surface area contributed by atoms with E-state index in [9.17, 15) is 9.59 Å². The van der Waals surface area contributed by atoms with Gasteiger partial charge in [0.05, 0.1) is 5.56 Å². The minimum Gasteiger partial charge on any atom is -0.489 e. The molecule has 0 aliphatic heterocycles. The molecule has 0 unspecified atom stereocenters. The number of rotatable bonds is 8. The molecule has 4 rings (SSSR count). The third-order valence-corrected chi connectivity index (χ3v) is 5.56. The Bertz CT molecular complexity index is 1250. The summed E-state index contributed by atoms with van der Waals surface area (Å²) in [4.78, 5) is 26.1. The molecule has 0 radical (unpaired) electrons. The van der Waals surface area contributed by atoms with Crippen LogP contribution in [0.4, 0.5) is 0 Å². The molecule has 0 fully saturated rings. The van der Waals surface area contributed by atoms with Crippen molar-refractivity contribution in [2.24, 2.45) is 0 Å². The highest BCUT2D eigenvalue weighted by Crippen LogP contribution is 2.25. The number of carbonyl (C=O) groups is 2. The van der Waals surface area contributed by atoms with Gasteiger partial charge in [0.2, 0.25) is 5.78 Å². The minimum absolute atomic E-state index is 0.320. The van der Waals surface area contributed by atoms with E-state index in [4.69, 9.17) is 21.1 Å². The first kappa shape index (κ1) is 23.3. The molecule has 0 bridgehead atoms. The van der Waals surface area contributed by atoms with E-state index in [1.54, 1.807) is 60.7 Å². The number of ether oxygens (including phenoxy) is 2. The number of benzene rings is 4. The fourth-order valence-electron chi connectivity index (χ4n) is 3.38. The van der Waals surface area contributed by atoms with Gasteiger partial charge >= 0.3 is 5.97 Å². The number of hydrogen-bond acceptors (Lipinski definition) is 4. The van der Waals surface area contributed by atoms with Gasteiger partial charge in [-0.05, 0) is 61.0 Å². The molecule has 0 heterocycles. The van der Waals surface area contributed by atoms with E-state index < -0.39 is 12.1 Å². The largest absolute Gasteiger partial charge is 0.489 e. The van der Waals surface area contributed by atoms with Crippen LogP contribution >= 0.6 is 11.6 Å². The van der Waals surface area contributed by atoms with Crippen LogP contribution in [0.25, 0.3) is 0 Å². The van der Waals surface area contributed by atoms with E-state index in [1.807, 2.05) is 49.4 Å². The van der Waals surface area contributed by atoms with Crippen LogP contribution in [0.5, 0.6) is 5.75 Å². The zero-order valence-corrected chi connectivity index (χ0v) is 19.4. The van der Waals surface area contributed by atoms with Crippen molar-refractivity contribution >= 4 is 23.4 Å². The maximum Gasteiger partial charge on any atom is 0.339 e. The number of hydrogen-bond donors (Lipinski definition) is 0. The molecule has 34 heavy (non-hydrogen) atoms. The van der Waals surface area contributed by atoms with E-state index >= 15 is 0 Å². The van der Waals surface area contributed by atoms with Crippen molar-refractivity contribution in [1.29, 1.82) is 0 Å². The van der Waals surface area contributed by atoms with Gasteiger partial charge < -0.3 is 9.47 Å². The van der Waals surface area contributed by atoms with E-state index in [0.29, 0.717) is 28.3 Å². The average Bonchev–Trinajstić information content (AvgIpc) is 2.88. The van der Waals surface area contributed by atoms with Gasteiger partial charge in [0.1, 0.15) is 12.4 Å². The Morgan fingerprint density at radius 3 is 2.03 bits per heavy atom. The van der Waals surface area contributed by atoms with E-state index in [1.165, 1.54) is 5.56 Å². The van der Waals surface area contributed by atoms with Crippen molar-refractivity contribution in [2.75, 3.05) is 0 Å². The summed E-state index contributed by atoms with van der Waals surface area (Å²) in [5, 5.41) is 0.524. The van der Waals surface area contributed by atoms with E-state index in [0.717, 1.165) is 11.3 Å². The van der Waals surface area contributed by atoms with Gasteiger partial charge in [-0.3, -0.25) is 4.79 Å². The molecule has 4 nitrogen and oxygen atoms in total. The zero-order valence-electron chi connectivity index (χ0n) is 18.6. The Kier molecular flexibility index (Phi) is 7.41. The zero-order chi connectivity index (χ0) is 23.9. The second kappa shape index (κ2) is 10.8. The lowest BCUT2D eigenvalue weighted by atomic mass is 9.99. The highest BCUT2D eigenvalue weighted by atomic mass is 35.5. The molecule has 0 spiro atoms. The van der Waals surface area contributed by atoms with Crippen LogP contribution in [0.2, 0.25) is 5.02 Å². The van der Waals surface area contributed by atoms with Crippen LogP contribution in [0, 0.1) is 6.92 Å². The molecule has 0 aliphatic carbocycles. The third-order valence-electron chi connectivity index (χ3n) is 5.31. The van der Waals surface area contributed by atoms with Gasteiger partial charge in [0, 0.05) is 16.1 Å². The summed E-state index contributed by atoms with van der Waals surface area (Å²) >= 11 is 5.95. The minimum atomic E-state index is -1.07. The number of carbonyl (C=O) groups excluding carboxylic acids is 2. The lowest BCUT2D eigenvalue weighted by Gasteiger charge is -2.18. The summed E-state index contributed by atoms with van der Waals surface area (Å²) in [7, 11) is 0. The van der Waals surface area contributed by atoms with Gasteiger partial charge in [0.15, 0.2) is 6.10 Å². The van der Waals surface area contributed by atoms with Crippen LogP contribution in [0.15, 0.2) is 103 Å². The molecular weight excluding hydrogens is 448 g/mol. The predicted molar refractivity (Wildman–Crippen MR) is 132 cm³/mol. The number of esters is 1. The molecule has 0 amide bonds. The van der Waals surface area contributed by atoms with Crippen LogP contribution in [0.1, 0.15) is 43.5 Å². The Balaban J connectivity index is 1.47. The Morgan fingerprint density at radius 1 is 0.765 bits per heavy atom. The number of ketones is 1. The number of halogens is 1. The monoisotopic (exact) mass is 470 g/mol. The SMILES string of the molecule is Cc1ccc(OCc2ccc(C(=O)O[C@@H](C(=O)c3ccc(Cl)cc3)c3ccccc3)cc2)cc1. The molecule has 5 heteroatoms. The Labute approximate surface area is 203 Å². The van der Waals surface area contributed by atoms with Gasteiger partial charge in [-0.1, -0.05) is 71.8 Å². The first-order valence-corrected chi connectivity index (χ1v) is 11.2. The topological polar surface area (TPSA) is 52.6 Å². The summed E-state index contributed by atoms with van der Waals surface area (Å²) in [6.07, 6.45) is -1.07. The second-order valence-electron chi connectivity index (χ2n) is 7.87. The third kappa shape index (κ3) is 5.91. The lowest BCUT2D eigenvalue weighted by molar-refractivity contribution is 0.0280. The average molecular weight is 471 g/mol. The molecule has 4 aromatic carbocycles. The van der Waals surface area contributed by atoms with Crippen LogP contribution in [-0.2, 0) is 11.3 Å². The number of aryl methyl sites for hydroxylation is 1. The molecule has 1 atom stereocenters. The van der Waals surface area contributed by atoms with E-state index in [2.05, 4.69) is 0 Å². The van der Waals surface area contributed by atoms with Crippen molar-refractivity contribution in [3.63, 3.8) is 0 Å². The molecule has 170 valence electrons. The van der Waals surface area contributed by atoms with Crippen molar-refractivity contribution in [1.82, 2.24) is 0 Å². The van der Waals surface area contributed by atoms with Gasteiger partial charge in [-0.2, -0.15) is 0 Å². The predicted octanol–water partition coefficient (Wildman–Crippen LogP) is 7.01. The van der Waals surface area contributed by atoms with E-state index in [-0.39, 0.29) is 5.78 Å². The van der Waals surface area contributed by atoms with Crippen molar-refractivity contribution in [3.05, 3.63) is 136 Å². The first-order chi connectivity index (χ1) is 16.5. The van der Waals surface area contributed by atoms with Crippen molar-refractivity contribution < 1.29 is 19.1 Å². The molecule has 0 aliphatic rings. The van der Waals surface area contributed by atoms with Crippen molar-refractivity contribution in [2.45, 2.75) is 19.6 Å². The Hall–Kier alpha value is -3.89. The Morgan fingerprint density at radius 2 is 1.38 bits per heavy atom. The van der Waals surface area contributed by atoms with Crippen LogP contribution in [-0.4, -0.2) is 11.8 Å². The maximum atomic E-state index is 13.2.